The molecule has 0 saturated heterocycles. The quantitative estimate of drug-likeness (QED) is 0.670. The van der Waals surface area contributed by atoms with Gasteiger partial charge in [-0.1, -0.05) is 40.9 Å². The van der Waals surface area contributed by atoms with Gasteiger partial charge in [0.15, 0.2) is 15.1 Å². The molecular formula is C15H11Cl3N2O3S. The van der Waals surface area contributed by atoms with Gasteiger partial charge in [-0.05, 0) is 19.9 Å². The minimum absolute atomic E-state index is 0.0403. The van der Waals surface area contributed by atoms with Gasteiger partial charge in [-0.25, -0.2) is 13.4 Å². The van der Waals surface area contributed by atoms with Crippen LogP contribution < -0.4 is 0 Å². The summed E-state index contributed by atoms with van der Waals surface area (Å²) in [4.78, 5) is 20.8. The number of fused-ring (bicyclic) bond motifs is 1. The molecule has 1 aliphatic heterocycles. The number of ketones is 1. The maximum atomic E-state index is 13.2. The molecule has 2 aromatic heterocycles. The number of pyridine rings is 2. The maximum Gasteiger partial charge on any atom is 0.204 e. The normalized spacial score (nSPS) is 21.4. The lowest BCUT2D eigenvalue weighted by Crippen LogP contribution is -2.43. The Morgan fingerprint density at radius 1 is 1.17 bits per heavy atom. The molecular weight excluding hydrogens is 395 g/mol. The van der Waals surface area contributed by atoms with Crippen molar-refractivity contribution in [3.05, 3.63) is 56.5 Å². The molecule has 0 N–H and O–H groups in total. The molecule has 0 radical (unpaired) electrons. The van der Waals surface area contributed by atoms with Crippen molar-refractivity contribution >= 4 is 50.4 Å². The van der Waals surface area contributed by atoms with Crippen molar-refractivity contribution in [3.8, 4) is 0 Å². The number of hydrogen-bond acceptors (Lipinski definition) is 5. The number of carbonyl (C=O) groups excluding carboxylic acids is 1. The Kier molecular flexibility index (Phi) is 4.15. The van der Waals surface area contributed by atoms with Gasteiger partial charge in [0.1, 0.15) is 10.8 Å². The first kappa shape index (κ1) is 17.6. The van der Waals surface area contributed by atoms with Gasteiger partial charge in [-0.3, -0.25) is 9.78 Å². The van der Waals surface area contributed by atoms with E-state index >= 15 is 0 Å². The maximum absolute atomic E-state index is 13.2. The van der Waals surface area contributed by atoms with E-state index in [1.54, 1.807) is 12.1 Å². The fourth-order valence-corrected chi connectivity index (χ4v) is 5.63. The third-order valence-electron chi connectivity index (χ3n) is 4.18. The lowest BCUT2D eigenvalue weighted by atomic mass is 9.94. The van der Waals surface area contributed by atoms with Gasteiger partial charge in [0.2, 0.25) is 5.78 Å². The number of carbonyl (C=O) groups is 1. The van der Waals surface area contributed by atoms with Crippen molar-refractivity contribution in [3.63, 3.8) is 0 Å². The number of sulfone groups is 1. The van der Waals surface area contributed by atoms with Crippen LogP contribution in [0.2, 0.25) is 15.2 Å². The first-order valence-electron chi connectivity index (χ1n) is 6.83. The summed E-state index contributed by atoms with van der Waals surface area (Å²) in [7, 11) is -4.02. The van der Waals surface area contributed by atoms with Crippen LogP contribution in [0.1, 0.15) is 40.7 Å². The van der Waals surface area contributed by atoms with E-state index in [4.69, 9.17) is 34.8 Å². The molecule has 0 amide bonds. The smallest absolute Gasteiger partial charge is 0.204 e. The van der Waals surface area contributed by atoms with E-state index < -0.39 is 25.6 Å². The van der Waals surface area contributed by atoms with Gasteiger partial charge in [-0.2, -0.15) is 0 Å². The lowest BCUT2D eigenvalue weighted by molar-refractivity contribution is 0.0975. The number of nitrogens with zero attached hydrogens (tertiary/aromatic N) is 2. The molecule has 0 spiro atoms. The van der Waals surface area contributed by atoms with Crippen LogP contribution in [0.3, 0.4) is 0 Å². The summed E-state index contributed by atoms with van der Waals surface area (Å²) in [5.41, 5.74) is 0.369. The molecule has 126 valence electrons. The molecule has 2 aromatic rings. The van der Waals surface area contributed by atoms with Crippen LogP contribution in [0, 0.1) is 0 Å². The molecule has 1 aliphatic rings. The number of halogens is 3. The van der Waals surface area contributed by atoms with Crippen molar-refractivity contribution in [2.75, 3.05) is 0 Å². The van der Waals surface area contributed by atoms with Crippen LogP contribution in [0.25, 0.3) is 0 Å². The van der Waals surface area contributed by atoms with Gasteiger partial charge < -0.3 is 0 Å². The third kappa shape index (κ3) is 2.28. The van der Waals surface area contributed by atoms with Crippen molar-refractivity contribution in [1.29, 1.82) is 0 Å². The number of hydrogen-bond donors (Lipinski definition) is 0. The van der Waals surface area contributed by atoms with Gasteiger partial charge in [0, 0.05) is 23.5 Å². The summed E-state index contributed by atoms with van der Waals surface area (Å²) in [5.74, 6) is -0.684. The Bertz CT molecular complexity index is 974. The van der Waals surface area contributed by atoms with Gasteiger partial charge in [0.25, 0.3) is 0 Å². The summed E-state index contributed by atoms with van der Waals surface area (Å²) in [6.07, 6.45) is 2.61. The van der Waals surface area contributed by atoms with Gasteiger partial charge >= 0.3 is 0 Å². The van der Waals surface area contributed by atoms with Gasteiger partial charge in [0.05, 0.1) is 14.8 Å². The predicted octanol–water partition coefficient (Wildman–Crippen LogP) is 4.02. The molecule has 0 aliphatic carbocycles. The molecule has 0 fully saturated rings. The first-order chi connectivity index (χ1) is 11.1. The van der Waals surface area contributed by atoms with E-state index in [1.165, 1.54) is 26.2 Å². The van der Waals surface area contributed by atoms with Crippen LogP contribution in [0.4, 0.5) is 0 Å². The minimum Gasteiger partial charge on any atom is -0.291 e. The van der Waals surface area contributed by atoms with Crippen molar-refractivity contribution in [2.24, 2.45) is 0 Å². The molecule has 1 atom stereocenters. The van der Waals surface area contributed by atoms with Crippen molar-refractivity contribution in [2.45, 2.75) is 23.8 Å². The third-order valence-corrected chi connectivity index (χ3v) is 7.96. The van der Waals surface area contributed by atoms with Gasteiger partial charge in [-0.15, -0.1) is 0 Å². The SMILES string of the molecule is CC1(C)c2cccnc2C(=O)C(c2c(Cl)cnc(Cl)c2Cl)S1(=O)=O. The standard InChI is InChI=1S/C15H11Cl3N2O3S/c1-15(2)7-4-3-5-19-11(7)12(21)13(24(15,22)23)9-8(16)6-20-14(18)10(9)17/h3-6,13H,1-2H3. The second-order valence-corrected chi connectivity index (χ2v) is 9.55. The Balaban J connectivity index is 2.40. The molecule has 3 rings (SSSR count). The molecule has 0 aromatic carbocycles. The van der Waals surface area contributed by atoms with Crippen LogP contribution in [-0.2, 0) is 14.6 Å². The number of Topliss-reactive ketones (excluding diaryl/α,β-unsaturated/α-hetero) is 1. The zero-order valence-corrected chi connectivity index (χ0v) is 15.6. The highest BCUT2D eigenvalue weighted by Gasteiger charge is 2.54. The summed E-state index contributed by atoms with van der Waals surface area (Å²) in [6, 6.07) is 3.17. The average Bonchev–Trinajstić information content (AvgIpc) is 2.53. The second-order valence-electron chi connectivity index (χ2n) is 5.82. The van der Waals surface area contributed by atoms with Crippen LogP contribution >= 0.6 is 34.8 Å². The van der Waals surface area contributed by atoms with E-state index in [0.29, 0.717) is 5.56 Å². The van der Waals surface area contributed by atoms with Crippen molar-refractivity contribution in [1.82, 2.24) is 9.97 Å². The van der Waals surface area contributed by atoms with E-state index in [2.05, 4.69) is 9.97 Å². The monoisotopic (exact) mass is 404 g/mol. The second kappa shape index (κ2) is 5.66. The fourth-order valence-electron chi connectivity index (χ4n) is 2.78. The van der Waals surface area contributed by atoms with Crippen LogP contribution in [0.15, 0.2) is 24.5 Å². The van der Waals surface area contributed by atoms with E-state index in [1.807, 2.05) is 0 Å². The summed E-state index contributed by atoms with van der Waals surface area (Å²) < 4.78 is 25.0. The molecule has 24 heavy (non-hydrogen) atoms. The highest BCUT2D eigenvalue weighted by atomic mass is 35.5. The fraction of sp³-hybridized carbons (Fsp3) is 0.267. The van der Waals surface area contributed by atoms with E-state index in [9.17, 15) is 13.2 Å². The topological polar surface area (TPSA) is 77.0 Å². The Labute approximate surface area is 153 Å². The molecule has 3 heterocycles. The summed E-state index contributed by atoms with van der Waals surface area (Å²) >= 11 is 18.1. The lowest BCUT2D eigenvalue weighted by Gasteiger charge is -2.36. The Hall–Kier alpha value is -1.21. The number of rotatable bonds is 1. The largest absolute Gasteiger partial charge is 0.291 e. The van der Waals surface area contributed by atoms with Crippen LogP contribution in [-0.4, -0.2) is 24.2 Å². The highest BCUT2D eigenvalue weighted by Crippen LogP contribution is 2.49. The summed E-state index contributed by atoms with van der Waals surface area (Å²) in [6.45, 7) is 3.04. The Morgan fingerprint density at radius 3 is 2.50 bits per heavy atom. The zero-order valence-electron chi connectivity index (χ0n) is 12.5. The molecule has 9 heteroatoms. The zero-order chi connectivity index (χ0) is 17.9. The summed E-state index contributed by atoms with van der Waals surface area (Å²) in [5, 5.41) is -1.90. The number of aromatic nitrogens is 2. The van der Waals surface area contributed by atoms with Crippen molar-refractivity contribution < 1.29 is 13.2 Å². The Morgan fingerprint density at radius 2 is 1.83 bits per heavy atom. The van der Waals surface area contributed by atoms with E-state index in [0.717, 1.165) is 0 Å². The molecule has 0 saturated carbocycles. The highest BCUT2D eigenvalue weighted by molar-refractivity contribution is 7.93. The van der Waals surface area contributed by atoms with Crippen LogP contribution in [0.5, 0.6) is 0 Å². The molecule has 1 unspecified atom stereocenters. The average molecular weight is 406 g/mol. The van der Waals surface area contributed by atoms with E-state index in [-0.39, 0.29) is 26.5 Å². The molecule has 5 nitrogen and oxygen atoms in total. The predicted molar refractivity (Wildman–Crippen MR) is 92.5 cm³/mol. The molecule has 0 bridgehead atoms. The minimum atomic E-state index is -4.02. The first-order valence-corrected chi connectivity index (χ1v) is 9.51.